The van der Waals surface area contributed by atoms with E-state index in [0.29, 0.717) is 19.3 Å². The Morgan fingerprint density at radius 1 is 1.42 bits per heavy atom. The Bertz CT molecular complexity index is 411. The molecule has 7 nitrogen and oxygen atoms in total. The summed E-state index contributed by atoms with van der Waals surface area (Å²) in [5, 5.41) is 11.6. The first-order valence-corrected chi connectivity index (χ1v) is 6.35. The number of ether oxygens (including phenoxy) is 1. The van der Waals surface area contributed by atoms with Crippen LogP contribution in [0.1, 0.15) is 26.2 Å². The average molecular weight is 270 g/mol. The topological polar surface area (TPSA) is 95.9 Å². The highest BCUT2D eigenvalue weighted by Gasteiger charge is 2.49. The lowest BCUT2D eigenvalue weighted by atomic mass is 9.88. The molecule has 2 amide bonds. The van der Waals surface area contributed by atoms with E-state index in [1.54, 1.807) is 0 Å². The van der Waals surface area contributed by atoms with Crippen LogP contribution in [0.3, 0.4) is 0 Å². The van der Waals surface area contributed by atoms with E-state index in [2.05, 4.69) is 10.1 Å². The van der Waals surface area contributed by atoms with Crippen LogP contribution in [-0.4, -0.2) is 53.2 Å². The zero-order valence-electron chi connectivity index (χ0n) is 11.0. The normalized spacial score (nSPS) is 33.8. The molecule has 0 spiro atoms. The average Bonchev–Trinajstić information content (AvgIpc) is 2.77. The van der Waals surface area contributed by atoms with Crippen LogP contribution in [0.4, 0.5) is 4.79 Å². The summed E-state index contributed by atoms with van der Waals surface area (Å²) in [6.45, 7) is 1.88. The maximum atomic E-state index is 12.4. The van der Waals surface area contributed by atoms with E-state index in [-0.39, 0.29) is 17.9 Å². The number of hydrogen-bond donors (Lipinski definition) is 2. The minimum absolute atomic E-state index is 0.0274. The maximum absolute atomic E-state index is 12.4. The maximum Gasteiger partial charge on any atom is 0.407 e. The molecular weight excluding hydrogens is 252 g/mol. The molecule has 1 unspecified atom stereocenters. The SMILES string of the molecule is COC(=O)N[C@@H]1C(=O)N2[C@H](CC[C@H]2C(=O)O)CC1C. The van der Waals surface area contributed by atoms with Crippen LogP contribution < -0.4 is 5.32 Å². The fourth-order valence-electron chi connectivity index (χ4n) is 3.05. The van der Waals surface area contributed by atoms with E-state index in [9.17, 15) is 14.4 Å². The van der Waals surface area contributed by atoms with Crippen LogP contribution in [0.25, 0.3) is 0 Å². The van der Waals surface area contributed by atoms with Crippen molar-refractivity contribution in [3.05, 3.63) is 0 Å². The fraction of sp³-hybridized carbons (Fsp3) is 0.750. The Morgan fingerprint density at radius 3 is 2.68 bits per heavy atom. The zero-order valence-corrected chi connectivity index (χ0v) is 11.0. The highest BCUT2D eigenvalue weighted by molar-refractivity contribution is 5.91. The molecule has 0 radical (unpaired) electrons. The minimum Gasteiger partial charge on any atom is -0.480 e. The molecule has 2 fully saturated rings. The van der Waals surface area contributed by atoms with Crippen LogP contribution in [0.5, 0.6) is 0 Å². The summed E-state index contributed by atoms with van der Waals surface area (Å²) >= 11 is 0. The number of amides is 2. The van der Waals surface area contributed by atoms with Crippen LogP contribution in [0.2, 0.25) is 0 Å². The molecule has 2 heterocycles. The van der Waals surface area contributed by atoms with Gasteiger partial charge in [-0.1, -0.05) is 6.92 Å². The highest BCUT2D eigenvalue weighted by Crippen LogP contribution is 2.35. The van der Waals surface area contributed by atoms with Gasteiger partial charge in [-0.15, -0.1) is 0 Å². The Balaban J connectivity index is 2.17. The molecule has 0 aliphatic carbocycles. The molecule has 0 bridgehead atoms. The number of carbonyl (C=O) groups is 3. The second-order valence-corrected chi connectivity index (χ2v) is 5.16. The third kappa shape index (κ3) is 2.36. The fourth-order valence-corrected chi connectivity index (χ4v) is 3.05. The van der Waals surface area contributed by atoms with Crippen LogP contribution >= 0.6 is 0 Å². The smallest absolute Gasteiger partial charge is 0.407 e. The van der Waals surface area contributed by atoms with Crippen molar-refractivity contribution >= 4 is 18.0 Å². The lowest BCUT2D eigenvalue weighted by Crippen LogP contribution is -2.60. The number of methoxy groups -OCH3 is 1. The van der Waals surface area contributed by atoms with Gasteiger partial charge >= 0.3 is 12.1 Å². The number of alkyl carbamates (subject to hydrolysis) is 1. The molecule has 2 aliphatic heterocycles. The molecule has 0 saturated carbocycles. The van der Waals surface area contributed by atoms with E-state index < -0.39 is 24.1 Å². The van der Waals surface area contributed by atoms with Crippen molar-refractivity contribution in [2.24, 2.45) is 5.92 Å². The Morgan fingerprint density at radius 2 is 2.11 bits per heavy atom. The van der Waals surface area contributed by atoms with Gasteiger partial charge in [0.25, 0.3) is 0 Å². The Kier molecular flexibility index (Phi) is 3.64. The van der Waals surface area contributed by atoms with E-state index in [1.165, 1.54) is 12.0 Å². The molecule has 4 atom stereocenters. The van der Waals surface area contributed by atoms with Crippen LogP contribution in [0, 0.1) is 5.92 Å². The van der Waals surface area contributed by atoms with Gasteiger partial charge in [0.2, 0.25) is 5.91 Å². The number of carbonyl (C=O) groups excluding carboxylic acids is 2. The summed E-state index contributed by atoms with van der Waals surface area (Å²) in [4.78, 5) is 36.2. The summed E-state index contributed by atoms with van der Waals surface area (Å²) in [5.74, 6) is -1.33. The predicted octanol–water partition coefficient (Wildman–Crippen LogP) is 0.195. The van der Waals surface area contributed by atoms with Gasteiger partial charge in [-0.25, -0.2) is 9.59 Å². The van der Waals surface area contributed by atoms with Gasteiger partial charge in [0.15, 0.2) is 0 Å². The van der Waals surface area contributed by atoms with E-state index in [4.69, 9.17) is 5.11 Å². The van der Waals surface area contributed by atoms with E-state index in [0.717, 1.165) is 0 Å². The quantitative estimate of drug-likeness (QED) is 0.747. The number of nitrogens with zero attached hydrogens (tertiary/aromatic N) is 1. The summed E-state index contributed by atoms with van der Waals surface area (Å²) in [6, 6.07) is -1.50. The largest absolute Gasteiger partial charge is 0.480 e. The molecule has 7 heteroatoms. The van der Waals surface area contributed by atoms with Crippen molar-refractivity contribution in [3.63, 3.8) is 0 Å². The lowest BCUT2D eigenvalue weighted by Gasteiger charge is -2.40. The second-order valence-electron chi connectivity index (χ2n) is 5.16. The number of piperidine rings is 1. The molecule has 2 aliphatic rings. The standard InChI is InChI=1S/C12H18N2O5/c1-6-5-7-3-4-8(11(16)17)14(7)10(15)9(6)13-12(18)19-2/h6-9H,3-5H2,1-2H3,(H,13,18)(H,16,17)/t6?,7-,8+,9+/m1/s1. The monoisotopic (exact) mass is 270 g/mol. The van der Waals surface area contributed by atoms with Crippen LogP contribution in [-0.2, 0) is 14.3 Å². The first kappa shape index (κ1) is 13.6. The number of nitrogens with one attached hydrogen (secondary N) is 1. The van der Waals surface area contributed by atoms with Gasteiger partial charge < -0.3 is 20.1 Å². The third-order valence-electron chi connectivity index (χ3n) is 3.98. The van der Waals surface area contributed by atoms with Gasteiger partial charge in [0.05, 0.1) is 7.11 Å². The van der Waals surface area contributed by atoms with Gasteiger partial charge in [-0.3, -0.25) is 4.79 Å². The van der Waals surface area contributed by atoms with Crippen LogP contribution in [0.15, 0.2) is 0 Å². The lowest BCUT2D eigenvalue weighted by molar-refractivity contribution is -0.153. The minimum atomic E-state index is -0.984. The molecule has 0 aromatic carbocycles. The van der Waals surface area contributed by atoms with Crippen molar-refractivity contribution in [2.45, 2.75) is 44.3 Å². The number of carboxylic acid groups (broad SMARTS) is 1. The van der Waals surface area contributed by atoms with E-state index >= 15 is 0 Å². The molecule has 19 heavy (non-hydrogen) atoms. The van der Waals surface area contributed by atoms with Gasteiger partial charge in [-0.2, -0.15) is 0 Å². The third-order valence-corrected chi connectivity index (χ3v) is 3.98. The van der Waals surface area contributed by atoms with Crippen molar-refractivity contribution in [2.75, 3.05) is 7.11 Å². The zero-order chi connectivity index (χ0) is 14.2. The Labute approximate surface area is 110 Å². The van der Waals surface area contributed by atoms with Gasteiger partial charge in [0, 0.05) is 6.04 Å². The van der Waals surface area contributed by atoms with Crippen molar-refractivity contribution in [1.82, 2.24) is 10.2 Å². The predicted molar refractivity (Wildman–Crippen MR) is 64.4 cm³/mol. The summed E-state index contributed by atoms with van der Waals surface area (Å²) in [5.41, 5.74) is 0. The summed E-state index contributed by atoms with van der Waals surface area (Å²) in [7, 11) is 1.23. The number of aliphatic carboxylic acids is 1. The van der Waals surface area contributed by atoms with E-state index in [1.807, 2.05) is 6.92 Å². The van der Waals surface area contributed by atoms with Crippen molar-refractivity contribution in [3.8, 4) is 0 Å². The number of carboxylic acids is 1. The molecule has 106 valence electrons. The molecule has 2 rings (SSSR count). The molecule has 0 aromatic rings. The molecule has 0 aromatic heterocycles. The molecule has 2 N–H and O–H groups in total. The summed E-state index contributed by atoms with van der Waals surface area (Å²) in [6.07, 6.45) is 1.21. The molecule has 2 saturated heterocycles. The second kappa shape index (κ2) is 5.07. The van der Waals surface area contributed by atoms with Crippen molar-refractivity contribution < 1.29 is 24.2 Å². The first-order chi connectivity index (χ1) is 8.95. The number of fused-ring (bicyclic) bond motifs is 1. The number of rotatable bonds is 2. The van der Waals surface area contributed by atoms with Gasteiger partial charge in [-0.05, 0) is 25.2 Å². The first-order valence-electron chi connectivity index (χ1n) is 6.35. The van der Waals surface area contributed by atoms with Gasteiger partial charge in [0.1, 0.15) is 12.1 Å². The van der Waals surface area contributed by atoms with Crippen molar-refractivity contribution in [1.29, 1.82) is 0 Å². The highest BCUT2D eigenvalue weighted by atomic mass is 16.5. The Hall–Kier alpha value is -1.79. The summed E-state index contributed by atoms with van der Waals surface area (Å²) < 4.78 is 4.50. The molecular formula is C12H18N2O5. The number of hydrogen-bond acceptors (Lipinski definition) is 4.